The molecule has 3 unspecified atom stereocenters. The average Bonchev–Trinajstić information content (AvgIpc) is 2.43. The van der Waals surface area contributed by atoms with Crippen molar-refractivity contribution in [2.75, 3.05) is 23.4 Å². The maximum absolute atomic E-state index is 4.57. The molecule has 1 aromatic heterocycles. The molecule has 0 aromatic carbocycles. The molecule has 3 atom stereocenters. The van der Waals surface area contributed by atoms with E-state index in [1.807, 2.05) is 12.3 Å². The van der Waals surface area contributed by atoms with Gasteiger partial charge in [0.25, 0.3) is 0 Å². The second-order valence-electron chi connectivity index (χ2n) is 5.76. The number of nitrogens with zero attached hydrogens (tertiary/aromatic N) is 2. The zero-order valence-electron chi connectivity index (χ0n) is 12.9. The van der Waals surface area contributed by atoms with Crippen LogP contribution in [0.15, 0.2) is 11.2 Å². The van der Waals surface area contributed by atoms with Gasteiger partial charge in [-0.25, -0.2) is 9.97 Å². The molecular formula is C15H26N4S. The fourth-order valence-electron chi connectivity index (χ4n) is 2.75. The summed E-state index contributed by atoms with van der Waals surface area (Å²) >= 11 is 1.58. The molecule has 5 heteroatoms. The number of anilines is 2. The predicted molar refractivity (Wildman–Crippen MR) is 87.6 cm³/mol. The van der Waals surface area contributed by atoms with Gasteiger partial charge in [0.05, 0.1) is 0 Å². The Kier molecular flexibility index (Phi) is 5.52. The average molecular weight is 294 g/mol. The number of nitrogens with one attached hydrogen (secondary N) is 2. The van der Waals surface area contributed by atoms with Crippen molar-refractivity contribution in [1.29, 1.82) is 0 Å². The van der Waals surface area contributed by atoms with Crippen LogP contribution in [0, 0.1) is 11.8 Å². The van der Waals surface area contributed by atoms with E-state index in [1.165, 1.54) is 19.3 Å². The Balaban J connectivity index is 2.06. The van der Waals surface area contributed by atoms with Crippen molar-refractivity contribution in [3.8, 4) is 0 Å². The van der Waals surface area contributed by atoms with Crippen LogP contribution in [0.3, 0.4) is 0 Å². The Morgan fingerprint density at radius 1 is 1.20 bits per heavy atom. The van der Waals surface area contributed by atoms with Gasteiger partial charge in [-0.15, -0.1) is 0 Å². The van der Waals surface area contributed by atoms with Gasteiger partial charge in [0, 0.05) is 18.7 Å². The van der Waals surface area contributed by atoms with E-state index in [-0.39, 0.29) is 0 Å². The van der Waals surface area contributed by atoms with Crippen LogP contribution in [0.1, 0.15) is 40.0 Å². The lowest BCUT2D eigenvalue weighted by Crippen LogP contribution is -2.30. The number of hydrogen-bond acceptors (Lipinski definition) is 5. The first-order valence-corrected chi connectivity index (χ1v) is 8.78. The van der Waals surface area contributed by atoms with Crippen LogP contribution in [-0.2, 0) is 0 Å². The molecule has 2 rings (SSSR count). The van der Waals surface area contributed by atoms with Gasteiger partial charge in [0.1, 0.15) is 11.6 Å². The summed E-state index contributed by atoms with van der Waals surface area (Å²) in [7, 11) is 0. The molecule has 1 saturated carbocycles. The summed E-state index contributed by atoms with van der Waals surface area (Å²) in [6, 6.07) is 2.56. The van der Waals surface area contributed by atoms with Crippen molar-refractivity contribution in [2.24, 2.45) is 11.8 Å². The Morgan fingerprint density at radius 2 is 1.95 bits per heavy atom. The third-order valence-electron chi connectivity index (χ3n) is 4.20. The van der Waals surface area contributed by atoms with Gasteiger partial charge >= 0.3 is 0 Å². The maximum Gasteiger partial charge on any atom is 0.191 e. The molecule has 0 spiro atoms. The Labute approximate surface area is 126 Å². The van der Waals surface area contributed by atoms with Crippen LogP contribution in [-0.4, -0.2) is 28.8 Å². The third-order valence-corrected chi connectivity index (χ3v) is 4.74. The summed E-state index contributed by atoms with van der Waals surface area (Å²) in [6.45, 7) is 7.68. The molecule has 1 aliphatic rings. The van der Waals surface area contributed by atoms with E-state index in [0.717, 1.165) is 35.2 Å². The first-order chi connectivity index (χ1) is 9.62. The van der Waals surface area contributed by atoms with E-state index in [0.29, 0.717) is 6.04 Å². The van der Waals surface area contributed by atoms with Gasteiger partial charge < -0.3 is 10.6 Å². The molecule has 0 aliphatic heterocycles. The summed E-state index contributed by atoms with van der Waals surface area (Å²) in [5.41, 5.74) is 0. The second kappa shape index (κ2) is 7.16. The van der Waals surface area contributed by atoms with Gasteiger partial charge in [-0.3, -0.25) is 0 Å². The van der Waals surface area contributed by atoms with Crippen LogP contribution in [0.5, 0.6) is 0 Å². The first kappa shape index (κ1) is 15.4. The molecule has 1 aliphatic carbocycles. The van der Waals surface area contributed by atoms with Crippen LogP contribution in [0.25, 0.3) is 0 Å². The molecule has 0 saturated heterocycles. The summed E-state index contributed by atoms with van der Waals surface area (Å²) in [4.78, 5) is 9.04. The monoisotopic (exact) mass is 294 g/mol. The largest absolute Gasteiger partial charge is 0.370 e. The maximum atomic E-state index is 4.57. The van der Waals surface area contributed by atoms with Gasteiger partial charge in [-0.2, -0.15) is 0 Å². The number of aromatic nitrogens is 2. The minimum absolute atomic E-state index is 0.542. The first-order valence-electron chi connectivity index (χ1n) is 7.55. The lowest BCUT2D eigenvalue weighted by molar-refractivity contribution is 0.260. The lowest BCUT2D eigenvalue weighted by Gasteiger charge is -2.32. The SMILES string of the molecule is CCNc1cc(NC2CCC(C)C(C)C2)nc(SC)n1. The van der Waals surface area contributed by atoms with Crippen LogP contribution in [0.4, 0.5) is 11.6 Å². The Hall–Kier alpha value is -0.970. The van der Waals surface area contributed by atoms with E-state index < -0.39 is 0 Å². The van der Waals surface area contributed by atoms with Crippen molar-refractivity contribution in [3.05, 3.63) is 6.07 Å². The van der Waals surface area contributed by atoms with Crippen LogP contribution < -0.4 is 10.6 Å². The van der Waals surface area contributed by atoms with Gasteiger partial charge in [-0.05, 0) is 44.3 Å². The summed E-state index contributed by atoms with van der Waals surface area (Å²) < 4.78 is 0. The molecule has 4 nitrogen and oxygen atoms in total. The predicted octanol–water partition coefficient (Wildman–Crippen LogP) is 3.87. The van der Waals surface area contributed by atoms with Crippen molar-refractivity contribution >= 4 is 23.4 Å². The lowest BCUT2D eigenvalue weighted by atomic mass is 9.79. The van der Waals surface area contributed by atoms with Crippen molar-refractivity contribution < 1.29 is 0 Å². The minimum atomic E-state index is 0.542. The zero-order chi connectivity index (χ0) is 14.5. The quantitative estimate of drug-likeness (QED) is 0.638. The highest BCUT2D eigenvalue weighted by Crippen LogP contribution is 2.31. The van der Waals surface area contributed by atoms with Gasteiger partial charge in [0.2, 0.25) is 0 Å². The zero-order valence-corrected chi connectivity index (χ0v) is 13.8. The highest BCUT2D eigenvalue weighted by atomic mass is 32.2. The number of hydrogen-bond donors (Lipinski definition) is 2. The summed E-state index contributed by atoms with van der Waals surface area (Å²) in [5, 5.41) is 7.69. The minimum Gasteiger partial charge on any atom is -0.370 e. The molecule has 1 aromatic rings. The fourth-order valence-corrected chi connectivity index (χ4v) is 3.13. The van der Waals surface area contributed by atoms with Crippen molar-refractivity contribution in [1.82, 2.24) is 9.97 Å². The standard InChI is InChI=1S/C15H26N4S/c1-5-16-13-9-14(19-15(18-13)20-4)17-12-7-6-10(2)11(3)8-12/h9-12H,5-8H2,1-4H3,(H2,16,17,18,19). The summed E-state index contributed by atoms with van der Waals surface area (Å²) in [6.07, 6.45) is 5.79. The molecular weight excluding hydrogens is 268 g/mol. The van der Waals surface area contributed by atoms with Crippen molar-refractivity contribution in [2.45, 2.75) is 51.2 Å². The third kappa shape index (κ3) is 4.01. The molecule has 2 N–H and O–H groups in total. The molecule has 20 heavy (non-hydrogen) atoms. The second-order valence-corrected chi connectivity index (χ2v) is 6.54. The summed E-state index contributed by atoms with van der Waals surface area (Å²) in [5.74, 6) is 3.49. The Bertz CT molecular complexity index is 438. The van der Waals surface area contributed by atoms with Crippen LogP contribution >= 0.6 is 11.8 Å². The van der Waals surface area contributed by atoms with Gasteiger partial charge in [-0.1, -0.05) is 25.6 Å². The van der Waals surface area contributed by atoms with E-state index in [9.17, 15) is 0 Å². The van der Waals surface area contributed by atoms with E-state index in [4.69, 9.17) is 0 Å². The van der Waals surface area contributed by atoms with Gasteiger partial charge in [0.15, 0.2) is 5.16 Å². The normalized spacial score (nSPS) is 26.3. The topological polar surface area (TPSA) is 49.8 Å². The van der Waals surface area contributed by atoms with Crippen molar-refractivity contribution in [3.63, 3.8) is 0 Å². The highest BCUT2D eigenvalue weighted by molar-refractivity contribution is 7.98. The molecule has 0 bridgehead atoms. The fraction of sp³-hybridized carbons (Fsp3) is 0.733. The molecule has 0 amide bonds. The van der Waals surface area contributed by atoms with E-state index in [2.05, 4.69) is 41.4 Å². The number of thioether (sulfide) groups is 1. The molecule has 112 valence electrons. The molecule has 1 fully saturated rings. The molecule has 0 radical (unpaired) electrons. The smallest absolute Gasteiger partial charge is 0.191 e. The Morgan fingerprint density at radius 3 is 2.60 bits per heavy atom. The highest BCUT2D eigenvalue weighted by Gasteiger charge is 2.24. The van der Waals surface area contributed by atoms with Crippen LogP contribution in [0.2, 0.25) is 0 Å². The number of rotatable bonds is 5. The molecule has 1 heterocycles. The van der Waals surface area contributed by atoms with E-state index >= 15 is 0 Å². The van der Waals surface area contributed by atoms with E-state index in [1.54, 1.807) is 11.8 Å².